The number of nitrogens with zero attached hydrogens (tertiary/aromatic N) is 6. The molecule has 5 rings (SSSR count). The van der Waals surface area contributed by atoms with E-state index in [1.807, 2.05) is 61.3 Å². The maximum Gasteiger partial charge on any atom is 0.181 e. The van der Waals surface area contributed by atoms with E-state index in [1.54, 1.807) is 12.4 Å². The number of hydrogen-bond donors (Lipinski definition) is 1. The summed E-state index contributed by atoms with van der Waals surface area (Å²) in [5, 5.41) is 19.9. The lowest BCUT2D eigenvalue weighted by Crippen LogP contribution is -2.19. The van der Waals surface area contributed by atoms with Gasteiger partial charge in [-0.2, -0.15) is 10.2 Å². The summed E-state index contributed by atoms with van der Waals surface area (Å²) in [5.74, 6) is 1.32. The lowest BCUT2D eigenvalue weighted by molar-refractivity contribution is -0.0365. The lowest BCUT2D eigenvalue weighted by atomic mass is 10.1. The third kappa shape index (κ3) is 4.53. The van der Waals surface area contributed by atoms with Crippen LogP contribution in [-0.2, 0) is 4.74 Å². The molecule has 0 bridgehead atoms. The number of aliphatic hydroxyl groups excluding tert-OH is 1. The largest absolute Gasteiger partial charge is 0.491 e. The molecular weight excluding hydrogens is 444 g/mol. The van der Waals surface area contributed by atoms with E-state index >= 15 is 0 Å². The Hall–Kier alpha value is -3.30. The van der Waals surface area contributed by atoms with Gasteiger partial charge < -0.3 is 14.6 Å². The Morgan fingerprint density at radius 3 is 2.80 bits per heavy atom. The summed E-state index contributed by atoms with van der Waals surface area (Å²) in [5.41, 5.74) is 4.26. The summed E-state index contributed by atoms with van der Waals surface area (Å²) in [6.45, 7) is 8.69. The molecule has 35 heavy (non-hydrogen) atoms. The molecule has 9 heteroatoms. The Bertz CT molecular complexity index is 1320. The van der Waals surface area contributed by atoms with Crippen molar-refractivity contribution in [3.8, 4) is 28.5 Å². The van der Waals surface area contributed by atoms with Gasteiger partial charge in [0.25, 0.3) is 0 Å². The third-order valence-electron chi connectivity index (χ3n) is 6.35. The zero-order valence-corrected chi connectivity index (χ0v) is 20.7. The fourth-order valence-corrected chi connectivity index (χ4v) is 4.59. The fraction of sp³-hybridized carbons (Fsp3) is 0.462. The molecule has 9 nitrogen and oxygen atoms in total. The molecule has 1 N–H and O–H groups in total. The minimum absolute atomic E-state index is 0.0183. The highest BCUT2D eigenvalue weighted by Crippen LogP contribution is 2.34. The van der Waals surface area contributed by atoms with E-state index in [9.17, 15) is 5.11 Å². The van der Waals surface area contributed by atoms with Gasteiger partial charge in [-0.25, -0.2) is 14.6 Å². The molecule has 1 saturated heterocycles. The number of aromatic nitrogens is 6. The average molecular weight is 477 g/mol. The molecule has 1 aliphatic rings. The number of ether oxygens (including phenoxy) is 2. The summed E-state index contributed by atoms with van der Waals surface area (Å²) < 4.78 is 15.8. The first-order valence-electron chi connectivity index (χ1n) is 12.3. The van der Waals surface area contributed by atoms with Crippen molar-refractivity contribution in [2.75, 3.05) is 13.2 Å². The molecule has 184 valence electrons. The molecule has 2 atom stereocenters. The summed E-state index contributed by atoms with van der Waals surface area (Å²) in [6, 6.07) is 7.79. The smallest absolute Gasteiger partial charge is 0.181 e. The highest BCUT2D eigenvalue weighted by atomic mass is 16.5. The van der Waals surface area contributed by atoms with Gasteiger partial charge in [0.2, 0.25) is 0 Å². The molecule has 0 radical (unpaired) electrons. The Balaban J connectivity index is 1.61. The highest BCUT2D eigenvalue weighted by Gasteiger charge is 2.24. The van der Waals surface area contributed by atoms with Gasteiger partial charge in [0.15, 0.2) is 12.1 Å². The fourth-order valence-electron chi connectivity index (χ4n) is 4.59. The topological polar surface area (TPSA) is 100 Å². The molecule has 2 unspecified atom stereocenters. The van der Waals surface area contributed by atoms with Gasteiger partial charge in [0, 0.05) is 29.4 Å². The van der Waals surface area contributed by atoms with Crippen LogP contribution in [0.1, 0.15) is 58.0 Å². The number of hydrogen-bond acceptors (Lipinski definition) is 7. The molecule has 1 aliphatic heterocycles. The van der Waals surface area contributed by atoms with Crippen molar-refractivity contribution >= 4 is 10.9 Å². The molecule has 1 fully saturated rings. The standard InChI is InChI=1S/C26H32N6O3/c1-16(2)35-19-8-9-23-20(13-19)25(30-32(23)24-7-5-6-12-34-24)26-27-11-10-22(29-26)21-14-28-31(18(21)4)17(3)15-33/h8-11,13-14,16-17,24,33H,5-7,12,15H2,1-4H3. The van der Waals surface area contributed by atoms with Crippen LogP contribution in [0.3, 0.4) is 0 Å². The van der Waals surface area contributed by atoms with Crippen LogP contribution in [0.4, 0.5) is 0 Å². The third-order valence-corrected chi connectivity index (χ3v) is 6.35. The van der Waals surface area contributed by atoms with Crippen molar-refractivity contribution in [2.45, 2.75) is 65.3 Å². The summed E-state index contributed by atoms with van der Waals surface area (Å²) >= 11 is 0. The van der Waals surface area contributed by atoms with E-state index in [2.05, 4.69) is 10.1 Å². The normalized spacial score (nSPS) is 17.3. The Morgan fingerprint density at radius 1 is 1.20 bits per heavy atom. The van der Waals surface area contributed by atoms with E-state index < -0.39 is 0 Å². The van der Waals surface area contributed by atoms with Crippen molar-refractivity contribution in [1.82, 2.24) is 29.5 Å². The van der Waals surface area contributed by atoms with Crippen molar-refractivity contribution in [1.29, 1.82) is 0 Å². The van der Waals surface area contributed by atoms with Crippen LogP contribution in [0.15, 0.2) is 36.7 Å². The van der Waals surface area contributed by atoms with E-state index in [-0.39, 0.29) is 25.0 Å². The van der Waals surface area contributed by atoms with E-state index in [1.165, 1.54) is 0 Å². The van der Waals surface area contributed by atoms with Crippen molar-refractivity contribution < 1.29 is 14.6 Å². The van der Waals surface area contributed by atoms with Crippen LogP contribution in [-0.4, -0.2) is 54.0 Å². The summed E-state index contributed by atoms with van der Waals surface area (Å²) in [6.07, 6.45) is 6.59. The SMILES string of the molecule is Cc1c(-c2ccnc(-c3nn(C4CCCCO4)c4ccc(OC(C)C)cc34)n2)cnn1C(C)CO. The van der Waals surface area contributed by atoms with Crippen LogP contribution < -0.4 is 4.74 Å². The molecule has 4 heterocycles. The Morgan fingerprint density at radius 2 is 2.06 bits per heavy atom. The predicted molar refractivity (Wildman–Crippen MR) is 133 cm³/mol. The number of fused-ring (bicyclic) bond motifs is 1. The summed E-state index contributed by atoms with van der Waals surface area (Å²) in [7, 11) is 0. The lowest BCUT2D eigenvalue weighted by Gasteiger charge is -2.23. The first-order chi connectivity index (χ1) is 17.0. The summed E-state index contributed by atoms with van der Waals surface area (Å²) in [4.78, 5) is 9.47. The number of aliphatic hydroxyl groups is 1. The predicted octanol–water partition coefficient (Wildman–Crippen LogP) is 4.70. The van der Waals surface area contributed by atoms with Crippen LogP contribution in [0, 0.1) is 6.92 Å². The van der Waals surface area contributed by atoms with Gasteiger partial charge in [0.05, 0.1) is 36.2 Å². The zero-order valence-electron chi connectivity index (χ0n) is 20.7. The average Bonchev–Trinajstić information content (AvgIpc) is 3.44. The van der Waals surface area contributed by atoms with E-state index in [0.29, 0.717) is 11.5 Å². The minimum Gasteiger partial charge on any atom is -0.491 e. The second-order valence-electron chi connectivity index (χ2n) is 9.35. The Kier molecular flexibility index (Phi) is 6.53. The van der Waals surface area contributed by atoms with Crippen molar-refractivity contribution in [2.24, 2.45) is 0 Å². The second kappa shape index (κ2) is 9.75. The number of rotatable bonds is 7. The molecule has 0 aliphatic carbocycles. The molecule has 0 amide bonds. The second-order valence-corrected chi connectivity index (χ2v) is 9.35. The molecule has 3 aromatic heterocycles. The van der Waals surface area contributed by atoms with Gasteiger partial charge >= 0.3 is 0 Å². The molecular formula is C26H32N6O3. The molecule has 1 aromatic carbocycles. The van der Waals surface area contributed by atoms with Crippen LogP contribution in [0.25, 0.3) is 33.7 Å². The van der Waals surface area contributed by atoms with Crippen molar-refractivity contribution in [3.63, 3.8) is 0 Å². The number of benzene rings is 1. The van der Waals surface area contributed by atoms with Gasteiger partial charge in [-0.1, -0.05) is 0 Å². The van der Waals surface area contributed by atoms with E-state index in [0.717, 1.165) is 59.5 Å². The van der Waals surface area contributed by atoms with Gasteiger partial charge in [0.1, 0.15) is 11.4 Å². The van der Waals surface area contributed by atoms with Gasteiger partial charge in [-0.3, -0.25) is 4.68 Å². The monoisotopic (exact) mass is 476 g/mol. The first kappa shape index (κ1) is 23.4. The van der Waals surface area contributed by atoms with E-state index in [4.69, 9.17) is 19.6 Å². The Labute approximate surface area is 204 Å². The van der Waals surface area contributed by atoms with Crippen molar-refractivity contribution in [3.05, 3.63) is 42.4 Å². The molecule has 0 saturated carbocycles. The molecule has 0 spiro atoms. The van der Waals surface area contributed by atoms with Gasteiger partial charge in [-0.05, 0) is 71.2 Å². The quantitative estimate of drug-likeness (QED) is 0.412. The first-order valence-corrected chi connectivity index (χ1v) is 12.3. The van der Waals surface area contributed by atoms with Crippen LogP contribution in [0.5, 0.6) is 5.75 Å². The maximum absolute atomic E-state index is 9.56. The van der Waals surface area contributed by atoms with Crippen LogP contribution in [0.2, 0.25) is 0 Å². The maximum atomic E-state index is 9.56. The zero-order chi connectivity index (χ0) is 24.5. The molecule has 4 aromatic rings. The highest BCUT2D eigenvalue weighted by molar-refractivity contribution is 5.93. The van der Waals surface area contributed by atoms with Gasteiger partial charge in [-0.15, -0.1) is 0 Å². The minimum atomic E-state index is -0.112. The van der Waals surface area contributed by atoms with Crippen LogP contribution >= 0.6 is 0 Å².